The number of hydrogen-bond acceptors (Lipinski definition) is 6. The van der Waals surface area contributed by atoms with E-state index in [0.717, 1.165) is 27.7 Å². The molecule has 2 rings (SSSR count). The van der Waals surface area contributed by atoms with Gasteiger partial charge in [0.1, 0.15) is 4.88 Å². The summed E-state index contributed by atoms with van der Waals surface area (Å²) >= 11 is 2.67. The van der Waals surface area contributed by atoms with E-state index in [1.807, 2.05) is 18.4 Å². The quantitative estimate of drug-likeness (QED) is 0.824. The molecule has 7 heteroatoms. The Kier molecular flexibility index (Phi) is 5.87. The van der Waals surface area contributed by atoms with Crippen LogP contribution in [-0.2, 0) is 13.0 Å². The van der Waals surface area contributed by atoms with Gasteiger partial charge in [-0.3, -0.25) is 4.79 Å². The van der Waals surface area contributed by atoms with E-state index in [2.05, 4.69) is 26.7 Å². The summed E-state index contributed by atoms with van der Waals surface area (Å²) in [6, 6.07) is 1.95. The summed E-state index contributed by atoms with van der Waals surface area (Å²) in [5, 5.41) is 17.4. The normalized spacial score (nSPS) is 10.0. The molecule has 0 aliphatic rings. The average Bonchev–Trinajstić information content (AvgIpc) is 3.14. The van der Waals surface area contributed by atoms with Gasteiger partial charge in [-0.2, -0.15) is 0 Å². The summed E-state index contributed by atoms with van der Waals surface area (Å²) in [6.45, 7) is 2.49. The smallest absolute Gasteiger partial charge is 0.265 e. The van der Waals surface area contributed by atoms with Gasteiger partial charge in [0.05, 0.1) is 18.8 Å². The van der Waals surface area contributed by atoms with Crippen molar-refractivity contribution in [2.45, 2.75) is 26.3 Å². The monoisotopic (exact) mass is 321 g/mol. The molecule has 0 saturated carbocycles. The first-order chi connectivity index (χ1) is 10.2. The highest BCUT2D eigenvalue weighted by atomic mass is 32.1. The number of nitrogens with zero attached hydrogens (tertiary/aromatic N) is 2. The topological polar surface area (TPSA) is 75.1 Å². The molecule has 0 fully saturated rings. The summed E-state index contributed by atoms with van der Waals surface area (Å²) in [5.41, 5.74) is 1.64. The molecule has 21 heavy (non-hydrogen) atoms. The van der Waals surface area contributed by atoms with Crippen molar-refractivity contribution in [2.75, 3.05) is 6.61 Å². The van der Waals surface area contributed by atoms with Crippen LogP contribution in [-0.4, -0.2) is 27.2 Å². The number of nitrogens with one attached hydrogen (secondary N) is 1. The molecule has 2 heterocycles. The molecular formula is C14H15N3O2S2. The van der Waals surface area contributed by atoms with Gasteiger partial charge in [-0.1, -0.05) is 23.3 Å². The van der Waals surface area contributed by atoms with Gasteiger partial charge in [0, 0.05) is 22.2 Å². The lowest BCUT2D eigenvalue weighted by atomic mass is 10.3. The summed E-state index contributed by atoms with van der Waals surface area (Å²) in [4.78, 5) is 13.7. The molecule has 2 N–H and O–H groups in total. The highest BCUT2D eigenvalue weighted by molar-refractivity contribution is 7.10. The number of aryl methyl sites for hydroxylation is 1. The van der Waals surface area contributed by atoms with Gasteiger partial charge in [-0.15, -0.1) is 16.4 Å². The molecule has 0 spiro atoms. The van der Waals surface area contributed by atoms with Crippen molar-refractivity contribution in [3.05, 3.63) is 32.5 Å². The zero-order valence-corrected chi connectivity index (χ0v) is 13.2. The van der Waals surface area contributed by atoms with Crippen molar-refractivity contribution >= 4 is 28.8 Å². The molecule has 0 radical (unpaired) electrons. The van der Waals surface area contributed by atoms with Crippen LogP contribution in [0.2, 0.25) is 0 Å². The third-order valence-corrected chi connectivity index (χ3v) is 4.35. The number of thiophene rings is 1. The SMILES string of the molecule is CCc1nnsc1C(=O)NCc1cc(C#CCCO)cs1. The van der Waals surface area contributed by atoms with Gasteiger partial charge in [-0.05, 0) is 24.0 Å². The first-order valence-corrected chi connectivity index (χ1v) is 8.16. The molecule has 5 nitrogen and oxygen atoms in total. The van der Waals surface area contributed by atoms with E-state index in [-0.39, 0.29) is 12.5 Å². The molecule has 110 valence electrons. The Morgan fingerprint density at radius 1 is 1.52 bits per heavy atom. The zero-order valence-electron chi connectivity index (χ0n) is 11.5. The van der Waals surface area contributed by atoms with Crippen molar-refractivity contribution in [2.24, 2.45) is 0 Å². The molecule has 0 atom stereocenters. The van der Waals surface area contributed by atoms with Crippen molar-refractivity contribution in [3.8, 4) is 11.8 Å². The fourth-order valence-corrected chi connectivity index (χ4v) is 3.04. The van der Waals surface area contributed by atoms with Gasteiger partial charge in [-0.25, -0.2) is 0 Å². The minimum atomic E-state index is -0.136. The van der Waals surface area contributed by atoms with Crippen molar-refractivity contribution in [3.63, 3.8) is 0 Å². The van der Waals surface area contributed by atoms with E-state index >= 15 is 0 Å². The maximum Gasteiger partial charge on any atom is 0.265 e. The molecule has 2 aromatic heterocycles. The molecule has 2 aromatic rings. The Morgan fingerprint density at radius 2 is 2.38 bits per heavy atom. The van der Waals surface area contributed by atoms with E-state index in [1.54, 1.807) is 11.3 Å². The summed E-state index contributed by atoms with van der Waals surface area (Å²) in [5.74, 6) is 5.70. The van der Waals surface area contributed by atoms with Crippen LogP contribution in [0.15, 0.2) is 11.4 Å². The average molecular weight is 321 g/mol. The van der Waals surface area contributed by atoms with E-state index in [1.165, 1.54) is 0 Å². The highest BCUT2D eigenvalue weighted by Gasteiger charge is 2.14. The molecule has 0 bridgehead atoms. The fraction of sp³-hybridized carbons (Fsp3) is 0.357. The summed E-state index contributed by atoms with van der Waals surface area (Å²) < 4.78 is 3.81. The number of amides is 1. The molecule has 0 aliphatic heterocycles. The van der Waals surface area contributed by atoms with Gasteiger partial charge in [0.2, 0.25) is 0 Å². The number of carbonyl (C=O) groups excluding carboxylic acids is 1. The van der Waals surface area contributed by atoms with E-state index in [4.69, 9.17) is 5.11 Å². The first-order valence-electron chi connectivity index (χ1n) is 6.51. The Morgan fingerprint density at radius 3 is 3.14 bits per heavy atom. The second-order valence-electron chi connectivity index (χ2n) is 4.16. The molecule has 0 unspecified atom stereocenters. The number of hydrogen-bond donors (Lipinski definition) is 2. The first kappa shape index (κ1) is 15.6. The van der Waals surface area contributed by atoms with Crippen LogP contribution in [0.3, 0.4) is 0 Å². The lowest BCUT2D eigenvalue weighted by Gasteiger charge is -2.01. The summed E-state index contributed by atoms with van der Waals surface area (Å²) in [7, 11) is 0. The van der Waals surface area contributed by atoms with Crippen LogP contribution in [0, 0.1) is 11.8 Å². The molecular weight excluding hydrogens is 306 g/mol. The maximum absolute atomic E-state index is 12.0. The number of aliphatic hydroxyl groups is 1. The van der Waals surface area contributed by atoms with Gasteiger partial charge in [0.25, 0.3) is 5.91 Å². The standard InChI is InChI=1S/C14H15N3O2S2/c1-2-12-13(21-17-16-12)14(19)15-8-11-7-10(9-20-11)5-3-4-6-18/h7,9,18H,2,4,6,8H2,1H3,(H,15,19). The zero-order chi connectivity index (χ0) is 15.1. The van der Waals surface area contributed by atoms with Crippen LogP contribution in [0.4, 0.5) is 0 Å². The Labute approximate surface area is 131 Å². The number of aliphatic hydroxyl groups excluding tert-OH is 1. The minimum Gasteiger partial charge on any atom is -0.395 e. The van der Waals surface area contributed by atoms with Gasteiger partial charge in [0.15, 0.2) is 0 Å². The van der Waals surface area contributed by atoms with Crippen LogP contribution in [0.5, 0.6) is 0 Å². The Bertz CT molecular complexity index is 667. The number of rotatable bonds is 5. The number of carbonyl (C=O) groups is 1. The summed E-state index contributed by atoms with van der Waals surface area (Å²) in [6.07, 6.45) is 1.17. The predicted molar refractivity (Wildman–Crippen MR) is 83.4 cm³/mol. The van der Waals surface area contributed by atoms with Gasteiger partial charge < -0.3 is 10.4 Å². The Balaban J connectivity index is 1.92. The Hall–Kier alpha value is -1.75. The van der Waals surface area contributed by atoms with Crippen molar-refractivity contribution in [1.29, 1.82) is 0 Å². The number of aromatic nitrogens is 2. The maximum atomic E-state index is 12.0. The second-order valence-corrected chi connectivity index (χ2v) is 5.91. The van der Waals surface area contributed by atoms with Gasteiger partial charge >= 0.3 is 0 Å². The largest absolute Gasteiger partial charge is 0.395 e. The van der Waals surface area contributed by atoms with Crippen LogP contribution >= 0.6 is 22.9 Å². The fourth-order valence-electron chi connectivity index (χ4n) is 1.62. The van der Waals surface area contributed by atoms with Crippen LogP contribution in [0.25, 0.3) is 0 Å². The second kappa shape index (κ2) is 7.88. The third kappa shape index (κ3) is 4.36. The van der Waals surface area contributed by atoms with Crippen molar-refractivity contribution < 1.29 is 9.90 Å². The lowest BCUT2D eigenvalue weighted by molar-refractivity contribution is 0.0954. The van der Waals surface area contributed by atoms with Crippen LogP contribution in [0.1, 0.15) is 39.2 Å². The lowest BCUT2D eigenvalue weighted by Crippen LogP contribution is -2.22. The third-order valence-electron chi connectivity index (χ3n) is 2.64. The van der Waals surface area contributed by atoms with E-state index < -0.39 is 0 Å². The minimum absolute atomic E-state index is 0.0721. The molecule has 1 amide bonds. The van der Waals surface area contributed by atoms with E-state index in [0.29, 0.717) is 24.3 Å². The van der Waals surface area contributed by atoms with E-state index in [9.17, 15) is 4.79 Å². The highest BCUT2D eigenvalue weighted by Crippen LogP contribution is 2.15. The molecule has 0 saturated heterocycles. The van der Waals surface area contributed by atoms with Crippen molar-refractivity contribution in [1.82, 2.24) is 14.9 Å². The predicted octanol–water partition coefficient (Wildman–Crippen LogP) is 1.83. The molecule has 0 aromatic carbocycles. The molecule has 0 aliphatic carbocycles. The van der Waals surface area contributed by atoms with Crippen LogP contribution < -0.4 is 5.32 Å².